The summed E-state index contributed by atoms with van der Waals surface area (Å²) in [5.41, 5.74) is 2.35. The van der Waals surface area contributed by atoms with Crippen LogP contribution in [0.2, 0.25) is 0 Å². The van der Waals surface area contributed by atoms with E-state index in [1.807, 2.05) is 24.3 Å². The van der Waals surface area contributed by atoms with Crippen molar-refractivity contribution in [1.29, 1.82) is 0 Å². The van der Waals surface area contributed by atoms with Crippen LogP contribution < -0.4 is 10.2 Å². The number of rotatable bonds is 1. The zero-order valence-electron chi connectivity index (χ0n) is 11.3. The van der Waals surface area contributed by atoms with E-state index in [0.717, 1.165) is 48.7 Å². The molecule has 0 fully saturated rings. The maximum Gasteiger partial charge on any atom is 0.416 e. The Labute approximate surface area is 121 Å². The van der Waals surface area contributed by atoms with Crippen molar-refractivity contribution >= 4 is 11.4 Å². The molecule has 0 amide bonds. The summed E-state index contributed by atoms with van der Waals surface area (Å²) < 4.78 is 37.9. The predicted octanol–water partition coefficient (Wildman–Crippen LogP) is 3.95. The van der Waals surface area contributed by atoms with Crippen LogP contribution in [0.15, 0.2) is 48.5 Å². The molecule has 0 saturated heterocycles. The van der Waals surface area contributed by atoms with Crippen LogP contribution in [-0.4, -0.2) is 13.1 Å². The van der Waals surface area contributed by atoms with E-state index in [1.54, 1.807) is 0 Å². The molecule has 0 aromatic heterocycles. The fourth-order valence-corrected chi connectivity index (χ4v) is 2.56. The molecule has 1 heterocycles. The molecule has 0 saturated carbocycles. The second kappa shape index (κ2) is 5.41. The molecule has 5 heteroatoms. The topological polar surface area (TPSA) is 15.3 Å². The molecule has 0 atom stereocenters. The van der Waals surface area contributed by atoms with Crippen molar-refractivity contribution in [3.63, 3.8) is 0 Å². The van der Waals surface area contributed by atoms with E-state index in [-0.39, 0.29) is 0 Å². The zero-order chi connectivity index (χ0) is 14.9. The first-order chi connectivity index (χ1) is 10.1. The van der Waals surface area contributed by atoms with Gasteiger partial charge in [0.1, 0.15) is 0 Å². The molecule has 1 N–H and O–H groups in total. The number of para-hydroxylation sites is 1. The minimum Gasteiger partial charge on any atom is -0.340 e. The van der Waals surface area contributed by atoms with Crippen LogP contribution in [0, 0.1) is 0 Å². The van der Waals surface area contributed by atoms with E-state index in [2.05, 4.69) is 10.2 Å². The highest BCUT2D eigenvalue weighted by Crippen LogP contribution is 2.33. The van der Waals surface area contributed by atoms with Gasteiger partial charge in [0.15, 0.2) is 0 Å². The number of alkyl halides is 3. The monoisotopic (exact) mass is 292 g/mol. The molecule has 2 aromatic carbocycles. The molecule has 0 unspecified atom stereocenters. The van der Waals surface area contributed by atoms with Crippen LogP contribution in [0.4, 0.5) is 24.5 Å². The van der Waals surface area contributed by atoms with Crippen LogP contribution in [0.3, 0.4) is 0 Å². The highest BCUT2D eigenvalue weighted by Gasteiger charge is 2.30. The van der Waals surface area contributed by atoms with E-state index < -0.39 is 11.7 Å². The van der Waals surface area contributed by atoms with Crippen molar-refractivity contribution in [2.45, 2.75) is 12.7 Å². The molecule has 0 bridgehead atoms. The molecule has 2 aromatic rings. The van der Waals surface area contributed by atoms with E-state index >= 15 is 0 Å². The number of anilines is 2. The van der Waals surface area contributed by atoms with Gasteiger partial charge in [-0.3, -0.25) is 0 Å². The van der Waals surface area contributed by atoms with Gasteiger partial charge < -0.3 is 10.2 Å². The Morgan fingerprint density at radius 1 is 0.952 bits per heavy atom. The number of halogens is 3. The molecule has 3 rings (SSSR count). The van der Waals surface area contributed by atoms with Crippen molar-refractivity contribution in [3.8, 4) is 0 Å². The van der Waals surface area contributed by atoms with Gasteiger partial charge in [0, 0.05) is 31.0 Å². The fourth-order valence-electron chi connectivity index (χ4n) is 2.56. The van der Waals surface area contributed by atoms with Crippen molar-refractivity contribution in [3.05, 3.63) is 59.7 Å². The Balaban J connectivity index is 1.96. The zero-order valence-corrected chi connectivity index (χ0v) is 11.3. The van der Waals surface area contributed by atoms with Crippen LogP contribution in [0.5, 0.6) is 0 Å². The van der Waals surface area contributed by atoms with Crippen LogP contribution in [-0.2, 0) is 12.7 Å². The first kappa shape index (κ1) is 13.9. The van der Waals surface area contributed by atoms with Gasteiger partial charge in [0.05, 0.1) is 5.56 Å². The summed E-state index contributed by atoms with van der Waals surface area (Å²) in [6, 6.07) is 13.3. The standard InChI is InChI=1S/C16H15F3N2/c17-16(18,19)13-5-7-14(8-6-13)21-10-9-20-11-12-3-1-2-4-15(12)21/h1-8,20H,9-11H2. The molecule has 1 aliphatic rings. The Morgan fingerprint density at radius 2 is 1.67 bits per heavy atom. The second-order valence-electron chi connectivity index (χ2n) is 5.00. The molecule has 1 aliphatic heterocycles. The molecular formula is C16H15F3N2. The molecule has 2 nitrogen and oxygen atoms in total. The van der Waals surface area contributed by atoms with Crippen molar-refractivity contribution in [1.82, 2.24) is 5.32 Å². The van der Waals surface area contributed by atoms with Crippen LogP contribution in [0.1, 0.15) is 11.1 Å². The Morgan fingerprint density at radius 3 is 2.38 bits per heavy atom. The average molecular weight is 292 g/mol. The predicted molar refractivity (Wildman–Crippen MR) is 76.6 cm³/mol. The number of fused-ring (bicyclic) bond motifs is 1. The normalized spacial score (nSPS) is 15.5. The summed E-state index contributed by atoms with van der Waals surface area (Å²) in [4.78, 5) is 2.05. The number of hydrogen-bond acceptors (Lipinski definition) is 2. The van der Waals surface area contributed by atoms with Gasteiger partial charge in [-0.05, 0) is 35.9 Å². The SMILES string of the molecule is FC(F)(F)c1ccc(N2CCNCc3ccccc32)cc1. The molecule has 0 spiro atoms. The third-order valence-corrected chi connectivity index (χ3v) is 3.62. The van der Waals surface area contributed by atoms with E-state index in [9.17, 15) is 13.2 Å². The van der Waals surface area contributed by atoms with Gasteiger partial charge in [-0.15, -0.1) is 0 Å². The first-order valence-electron chi connectivity index (χ1n) is 6.79. The number of benzene rings is 2. The van der Waals surface area contributed by atoms with Gasteiger partial charge in [-0.25, -0.2) is 0 Å². The lowest BCUT2D eigenvalue weighted by molar-refractivity contribution is -0.137. The maximum absolute atomic E-state index is 12.6. The summed E-state index contributed by atoms with van der Waals surface area (Å²) in [7, 11) is 0. The average Bonchev–Trinajstić information content (AvgIpc) is 2.69. The van der Waals surface area contributed by atoms with Gasteiger partial charge in [0.2, 0.25) is 0 Å². The lowest BCUT2D eigenvalue weighted by Gasteiger charge is -2.25. The number of nitrogens with one attached hydrogen (secondary N) is 1. The smallest absolute Gasteiger partial charge is 0.340 e. The maximum atomic E-state index is 12.6. The fraction of sp³-hybridized carbons (Fsp3) is 0.250. The van der Waals surface area contributed by atoms with Crippen molar-refractivity contribution in [2.75, 3.05) is 18.0 Å². The number of hydrogen-bond donors (Lipinski definition) is 1. The second-order valence-corrected chi connectivity index (χ2v) is 5.00. The molecule has 0 aliphatic carbocycles. The van der Waals surface area contributed by atoms with Crippen LogP contribution in [0.25, 0.3) is 0 Å². The summed E-state index contributed by atoms with van der Waals surface area (Å²) in [5, 5.41) is 3.32. The minimum atomic E-state index is -4.29. The van der Waals surface area contributed by atoms with E-state index in [0.29, 0.717) is 0 Å². The summed E-state index contributed by atoms with van der Waals surface area (Å²) in [6.45, 7) is 2.28. The first-order valence-corrected chi connectivity index (χ1v) is 6.79. The van der Waals surface area contributed by atoms with Gasteiger partial charge in [-0.2, -0.15) is 13.2 Å². The largest absolute Gasteiger partial charge is 0.416 e. The van der Waals surface area contributed by atoms with Gasteiger partial charge >= 0.3 is 6.18 Å². The molecule has 0 radical (unpaired) electrons. The summed E-state index contributed by atoms with van der Waals surface area (Å²) in [6.07, 6.45) is -4.29. The quantitative estimate of drug-likeness (QED) is 0.856. The highest BCUT2D eigenvalue weighted by molar-refractivity contribution is 5.67. The molecule has 110 valence electrons. The lowest BCUT2D eigenvalue weighted by atomic mass is 10.1. The Bertz CT molecular complexity index is 620. The Kier molecular flexibility index (Phi) is 3.59. The Hall–Kier alpha value is -2.01. The third-order valence-electron chi connectivity index (χ3n) is 3.62. The van der Waals surface area contributed by atoms with Crippen molar-refractivity contribution in [2.24, 2.45) is 0 Å². The van der Waals surface area contributed by atoms with E-state index in [1.165, 1.54) is 12.1 Å². The molecular weight excluding hydrogens is 277 g/mol. The van der Waals surface area contributed by atoms with Crippen LogP contribution >= 0.6 is 0 Å². The highest BCUT2D eigenvalue weighted by atomic mass is 19.4. The number of nitrogens with zero attached hydrogens (tertiary/aromatic N) is 1. The third kappa shape index (κ3) is 2.88. The minimum absolute atomic E-state index is 0.618. The van der Waals surface area contributed by atoms with E-state index in [4.69, 9.17) is 0 Å². The lowest BCUT2D eigenvalue weighted by Crippen LogP contribution is -2.24. The summed E-state index contributed by atoms with van der Waals surface area (Å²) in [5.74, 6) is 0. The van der Waals surface area contributed by atoms with Crippen molar-refractivity contribution < 1.29 is 13.2 Å². The van der Waals surface area contributed by atoms with Gasteiger partial charge in [-0.1, -0.05) is 18.2 Å². The summed E-state index contributed by atoms with van der Waals surface area (Å²) >= 11 is 0. The van der Waals surface area contributed by atoms with Gasteiger partial charge in [0.25, 0.3) is 0 Å². The molecule has 21 heavy (non-hydrogen) atoms.